The van der Waals surface area contributed by atoms with E-state index in [4.69, 9.17) is 0 Å². The largest absolute Gasteiger partial charge is 0.314 e. The van der Waals surface area contributed by atoms with E-state index >= 15 is 0 Å². The van der Waals surface area contributed by atoms with Gasteiger partial charge in [0.1, 0.15) is 0 Å². The third-order valence-corrected chi connectivity index (χ3v) is 3.35. The molecular formula is C13H21N3. The molecule has 3 nitrogen and oxygen atoms in total. The summed E-state index contributed by atoms with van der Waals surface area (Å²) in [6, 6.07) is 4.89. The van der Waals surface area contributed by atoms with Gasteiger partial charge in [0.25, 0.3) is 0 Å². The number of hydrogen-bond acceptors (Lipinski definition) is 3. The van der Waals surface area contributed by atoms with Crippen LogP contribution in [0.2, 0.25) is 0 Å². The molecule has 2 heterocycles. The minimum Gasteiger partial charge on any atom is -0.314 e. The Morgan fingerprint density at radius 3 is 3.25 bits per heavy atom. The second kappa shape index (κ2) is 5.97. The Labute approximate surface area is 97.9 Å². The predicted molar refractivity (Wildman–Crippen MR) is 66.5 cm³/mol. The molecule has 0 amide bonds. The van der Waals surface area contributed by atoms with Crippen molar-refractivity contribution in [3.63, 3.8) is 0 Å². The van der Waals surface area contributed by atoms with Gasteiger partial charge in [-0.05, 0) is 24.5 Å². The topological polar surface area (TPSA) is 28.2 Å². The maximum atomic E-state index is 4.16. The number of hydrogen-bond donors (Lipinski definition) is 1. The zero-order valence-corrected chi connectivity index (χ0v) is 10.0. The molecule has 1 fully saturated rings. The van der Waals surface area contributed by atoms with Gasteiger partial charge in [0, 0.05) is 44.6 Å². The zero-order valence-electron chi connectivity index (χ0n) is 10.0. The first kappa shape index (κ1) is 11.6. The Hall–Kier alpha value is -0.930. The molecule has 1 N–H and O–H groups in total. The SMILES string of the molecule is CCC1CNCCN1CCc1cccnc1. The van der Waals surface area contributed by atoms with E-state index in [1.54, 1.807) is 0 Å². The molecule has 1 saturated heterocycles. The fourth-order valence-corrected chi connectivity index (χ4v) is 2.32. The van der Waals surface area contributed by atoms with E-state index in [2.05, 4.69) is 28.2 Å². The van der Waals surface area contributed by atoms with Crippen LogP contribution < -0.4 is 5.32 Å². The van der Waals surface area contributed by atoms with Gasteiger partial charge in [0.2, 0.25) is 0 Å². The number of piperazine rings is 1. The van der Waals surface area contributed by atoms with Crippen LogP contribution in [0.1, 0.15) is 18.9 Å². The zero-order chi connectivity index (χ0) is 11.2. The average molecular weight is 219 g/mol. The summed E-state index contributed by atoms with van der Waals surface area (Å²) in [4.78, 5) is 6.76. The highest BCUT2D eigenvalue weighted by Gasteiger charge is 2.19. The molecule has 1 aromatic heterocycles. The van der Waals surface area contributed by atoms with E-state index in [1.807, 2.05) is 18.5 Å². The third-order valence-electron chi connectivity index (χ3n) is 3.35. The van der Waals surface area contributed by atoms with Crippen molar-refractivity contribution >= 4 is 0 Å². The second-order valence-corrected chi connectivity index (χ2v) is 4.41. The molecule has 0 aliphatic carbocycles. The Kier molecular flexibility index (Phi) is 4.31. The molecule has 0 radical (unpaired) electrons. The van der Waals surface area contributed by atoms with Crippen LogP contribution in [0.3, 0.4) is 0 Å². The molecule has 1 unspecified atom stereocenters. The van der Waals surface area contributed by atoms with Crippen LogP contribution in [0.4, 0.5) is 0 Å². The van der Waals surface area contributed by atoms with Crippen molar-refractivity contribution in [3.05, 3.63) is 30.1 Å². The van der Waals surface area contributed by atoms with Crippen molar-refractivity contribution in [3.8, 4) is 0 Å². The highest BCUT2D eigenvalue weighted by atomic mass is 15.2. The van der Waals surface area contributed by atoms with Crippen LogP contribution in [0.5, 0.6) is 0 Å². The fraction of sp³-hybridized carbons (Fsp3) is 0.615. The maximum absolute atomic E-state index is 4.16. The van der Waals surface area contributed by atoms with Gasteiger partial charge < -0.3 is 5.32 Å². The number of aromatic nitrogens is 1. The molecule has 0 bridgehead atoms. The van der Waals surface area contributed by atoms with Crippen LogP contribution >= 0.6 is 0 Å². The van der Waals surface area contributed by atoms with Crippen LogP contribution in [0.15, 0.2) is 24.5 Å². The lowest BCUT2D eigenvalue weighted by Crippen LogP contribution is -2.51. The van der Waals surface area contributed by atoms with Gasteiger partial charge in [0.15, 0.2) is 0 Å². The average Bonchev–Trinajstić information content (AvgIpc) is 2.38. The molecule has 0 spiro atoms. The molecule has 1 aliphatic rings. The summed E-state index contributed by atoms with van der Waals surface area (Å²) in [7, 11) is 0. The lowest BCUT2D eigenvalue weighted by atomic mass is 10.1. The quantitative estimate of drug-likeness (QED) is 0.827. The van der Waals surface area contributed by atoms with E-state index in [9.17, 15) is 0 Å². The van der Waals surface area contributed by atoms with Crippen LogP contribution in [0, 0.1) is 0 Å². The standard InChI is InChI=1S/C13H21N3/c1-2-13-11-15-7-9-16(13)8-5-12-4-3-6-14-10-12/h3-4,6,10,13,15H,2,5,7-9,11H2,1H3. The molecule has 1 atom stereocenters. The highest BCUT2D eigenvalue weighted by molar-refractivity contribution is 5.08. The number of nitrogens with zero attached hydrogens (tertiary/aromatic N) is 2. The summed E-state index contributed by atoms with van der Waals surface area (Å²) in [6.45, 7) is 6.88. The van der Waals surface area contributed by atoms with Crippen LogP contribution in [-0.4, -0.2) is 42.1 Å². The van der Waals surface area contributed by atoms with Gasteiger partial charge in [-0.15, -0.1) is 0 Å². The Morgan fingerprint density at radius 2 is 2.50 bits per heavy atom. The minimum absolute atomic E-state index is 0.713. The van der Waals surface area contributed by atoms with Crippen molar-refractivity contribution in [2.24, 2.45) is 0 Å². The summed E-state index contributed by atoms with van der Waals surface area (Å²) in [5.41, 5.74) is 1.34. The molecule has 0 saturated carbocycles. The molecule has 88 valence electrons. The third kappa shape index (κ3) is 3.03. The van der Waals surface area contributed by atoms with Crippen molar-refractivity contribution in [2.75, 3.05) is 26.2 Å². The normalized spacial score (nSPS) is 22.2. The van der Waals surface area contributed by atoms with Crippen molar-refractivity contribution in [1.82, 2.24) is 15.2 Å². The minimum atomic E-state index is 0.713. The van der Waals surface area contributed by atoms with E-state index < -0.39 is 0 Å². The lowest BCUT2D eigenvalue weighted by molar-refractivity contribution is 0.159. The lowest BCUT2D eigenvalue weighted by Gasteiger charge is -2.35. The summed E-state index contributed by atoms with van der Waals surface area (Å²) in [6.07, 6.45) is 6.16. The molecule has 1 aliphatic heterocycles. The first-order chi connectivity index (χ1) is 7.90. The van der Waals surface area contributed by atoms with Gasteiger partial charge in [-0.2, -0.15) is 0 Å². The predicted octanol–water partition coefficient (Wildman–Crippen LogP) is 1.31. The first-order valence-corrected chi connectivity index (χ1v) is 6.24. The molecule has 0 aromatic carbocycles. The Balaban J connectivity index is 1.84. The Morgan fingerprint density at radius 1 is 1.56 bits per heavy atom. The van der Waals surface area contributed by atoms with Crippen molar-refractivity contribution in [1.29, 1.82) is 0 Å². The molecular weight excluding hydrogens is 198 g/mol. The maximum Gasteiger partial charge on any atom is 0.0300 e. The van der Waals surface area contributed by atoms with Crippen LogP contribution in [0.25, 0.3) is 0 Å². The summed E-state index contributed by atoms with van der Waals surface area (Å²) in [5, 5.41) is 3.46. The van der Waals surface area contributed by atoms with Gasteiger partial charge in [-0.3, -0.25) is 9.88 Å². The van der Waals surface area contributed by atoms with Gasteiger partial charge in [-0.25, -0.2) is 0 Å². The monoisotopic (exact) mass is 219 g/mol. The number of rotatable bonds is 4. The van der Waals surface area contributed by atoms with Gasteiger partial charge in [-0.1, -0.05) is 13.0 Å². The summed E-state index contributed by atoms with van der Waals surface area (Å²) in [5.74, 6) is 0. The number of nitrogens with one attached hydrogen (secondary N) is 1. The molecule has 16 heavy (non-hydrogen) atoms. The van der Waals surface area contributed by atoms with E-state index in [-0.39, 0.29) is 0 Å². The van der Waals surface area contributed by atoms with E-state index in [1.165, 1.54) is 18.5 Å². The molecule has 2 rings (SSSR count). The summed E-state index contributed by atoms with van der Waals surface area (Å²) >= 11 is 0. The second-order valence-electron chi connectivity index (χ2n) is 4.41. The summed E-state index contributed by atoms with van der Waals surface area (Å²) < 4.78 is 0. The first-order valence-electron chi connectivity index (χ1n) is 6.24. The van der Waals surface area contributed by atoms with E-state index in [0.717, 1.165) is 26.1 Å². The molecule has 1 aromatic rings. The molecule has 3 heteroatoms. The number of pyridine rings is 1. The highest BCUT2D eigenvalue weighted by Crippen LogP contribution is 2.08. The van der Waals surface area contributed by atoms with Gasteiger partial charge >= 0.3 is 0 Å². The van der Waals surface area contributed by atoms with Crippen LogP contribution in [-0.2, 0) is 6.42 Å². The van der Waals surface area contributed by atoms with Crippen molar-refractivity contribution < 1.29 is 0 Å². The smallest absolute Gasteiger partial charge is 0.0300 e. The van der Waals surface area contributed by atoms with Gasteiger partial charge in [0.05, 0.1) is 0 Å². The van der Waals surface area contributed by atoms with E-state index in [0.29, 0.717) is 6.04 Å². The fourth-order valence-electron chi connectivity index (χ4n) is 2.32. The van der Waals surface area contributed by atoms with Crippen molar-refractivity contribution in [2.45, 2.75) is 25.8 Å². The Bertz CT molecular complexity index is 299.